The fraction of sp³-hybridized carbons (Fsp3) is 0.0588. The molecule has 9 N–H and O–H groups in total. The summed E-state index contributed by atoms with van der Waals surface area (Å²) in [7, 11) is 3.14. The lowest BCUT2D eigenvalue weighted by Crippen LogP contribution is -2.30. The monoisotopic (exact) mass is 686 g/mol. The molecule has 4 aromatic carbocycles. The van der Waals surface area contributed by atoms with E-state index >= 15 is 0 Å². The van der Waals surface area contributed by atoms with Crippen molar-refractivity contribution in [3.05, 3.63) is 90.3 Å². The van der Waals surface area contributed by atoms with Gasteiger partial charge in [0, 0.05) is 49.9 Å². The van der Waals surface area contributed by atoms with Crippen molar-refractivity contribution in [2.75, 3.05) is 20.0 Å². The molecule has 0 fully saturated rings. The third kappa shape index (κ3) is 5.68. The number of hydrazine groups is 1. The number of H-pyrrole nitrogens is 2. The summed E-state index contributed by atoms with van der Waals surface area (Å²) in [6, 6.07) is 17.2. The number of anilines is 1. The highest BCUT2D eigenvalue weighted by Crippen LogP contribution is 2.39. The molecule has 0 aliphatic heterocycles. The molecule has 0 unspecified atom stereocenters. The second-order valence-corrected chi connectivity index (χ2v) is 11.1. The van der Waals surface area contributed by atoms with Crippen LogP contribution >= 0.6 is 0 Å². The molecular weight excluding hydrogens is 659 g/mol. The highest BCUT2D eigenvalue weighted by molar-refractivity contribution is 6.08. The topological polar surface area (TPSA) is 252 Å². The van der Waals surface area contributed by atoms with Gasteiger partial charge in [0.15, 0.2) is 11.4 Å². The first kappa shape index (κ1) is 32.3. The Morgan fingerprint density at radius 2 is 1.37 bits per heavy atom. The molecule has 0 saturated carbocycles. The minimum atomic E-state index is -0.714. The van der Waals surface area contributed by atoms with Crippen LogP contribution in [0.5, 0.6) is 11.5 Å². The van der Waals surface area contributed by atoms with Gasteiger partial charge in [0.05, 0.1) is 43.3 Å². The van der Waals surface area contributed by atoms with E-state index in [2.05, 4.69) is 40.8 Å². The van der Waals surface area contributed by atoms with Gasteiger partial charge in [0.25, 0.3) is 11.8 Å². The molecule has 16 nitrogen and oxygen atoms in total. The van der Waals surface area contributed by atoms with Crippen LogP contribution in [0.2, 0.25) is 0 Å². The van der Waals surface area contributed by atoms with Crippen LogP contribution in [0.25, 0.3) is 65.9 Å². The molecule has 51 heavy (non-hydrogen) atoms. The van der Waals surface area contributed by atoms with Crippen molar-refractivity contribution >= 4 is 61.1 Å². The summed E-state index contributed by atoms with van der Waals surface area (Å²) in [6.45, 7) is 0. The first-order valence-corrected chi connectivity index (χ1v) is 15.1. The van der Waals surface area contributed by atoms with E-state index in [1.807, 2.05) is 35.8 Å². The zero-order valence-corrected chi connectivity index (χ0v) is 26.9. The number of ether oxygens (including phenoxy) is 2. The number of benzene rings is 4. The van der Waals surface area contributed by atoms with Crippen molar-refractivity contribution in [1.29, 1.82) is 0 Å². The van der Waals surface area contributed by atoms with Crippen LogP contribution in [0, 0.1) is 5.82 Å². The molecule has 8 rings (SSSR count). The number of nitrogens with zero attached hydrogens (tertiary/aromatic N) is 6. The number of rotatable bonds is 6. The van der Waals surface area contributed by atoms with Crippen molar-refractivity contribution in [3.63, 3.8) is 0 Å². The Balaban J connectivity index is 0.000000159. The molecule has 4 heterocycles. The van der Waals surface area contributed by atoms with Gasteiger partial charge in [-0.25, -0.2) is 10.2 Å². The Hall–Kier alpha value is -7.27. The number of amides is 2. The second kappa shape index (κ2) is 13.0. The number of halogens is 1. The number of primary amides is 1. The highest BCUT2D eigenvalue weighted by Gasteiger charge is 2.19. The highest BCUT2D eigenvalue weighted by atomic mass is 19.1. The summed E-state index contributed by atoms with van der Waals surface area (Å²) in [5, 5.41) is 32.4. The van der Waals surface area contributed by atoms with E-state index in [0.29, 0.717) is 39.0 Å². The molecule has 2 amide bonds. The van der Waals surface area contributed by atoms with Gasteiger partial charge in [0.2, 0.25) is 0 Å². The zero-order valence-electron chi connectivity index (χ0n) is 26.9. The van der Waals surface area contributed by atoms with Crippen molar-refractivity contribution in [2.45, 2.75) is 0 Å². The van der Waals surface area contributed by atoms with E-state index in [1.165, 1.54) is 12.1 Å². The van der Waals surface area contributed by atoms with Crippen molar-refractivity contribution in [1.82, 2.24) is 46.2 Å². The molecule has 254 valence electrons. The number of nitrogens with two attached hydrogens (primary N) is 3. The van der Waals surface area contributed by atoms with Gasteiger partial charge in [-0.15, -0.1) is 20.4 Å². The number of aromatic amines is 2. The summed E-state index contributed by atoms with van der Waals surface area (Å²) < 4.78 is 25.3. The van der Waals surface area contributed by atoms with Gasteiger partial charge >= 0.3 is 0 Å². The molecular formula is C34H27FN12O4. The Labute approximate surface area is 286 Å². The van der Waals surface area contributed by atoms with Crippen molar-refractivity contribution < 1.29 is 23.5 Å². The van der Waals surface area contributed by atoms with Crippen LogP contribution in [0.15, 0.2) is 73.1 Å². The van der Waals surface area contributed by atoms with E-state index < -0.39 is 17.6 Å². The molecule has 4 aromatic heterocycles. The Bertz CT molecular complexity index is 2660. The van der Waals surface area contributed by atoms with E-state index in [4.69, 9.17) is 26.8 Å². The molecule has 0 aliphatic rings. The quantitative estimate of drug-likeness (QED) is 0.0830. The van der Waals surface area contributed by atoms with Gasteiger partial charge in [-0.1, -0.05) is 18.2 Å². The third-order valence-electron chi connectivity index (χ3n) is 8.23. The number of nitrogen functional groups attached to an aromatic ring is 2. The van der Waals surface area contributed by atoms with E-state index in [1.54, 1.807) is 44.8 Å². The van der Waals surface area contributed by atoms with E-state index in [0.717, 1.165) is 32.9 Å². The number of fused-ring (bicyclic) bond motifs is 4. The lowest BCUT2D eigenvalue weighted by molar-refractivity contribution is 0.0946. The molecule has 0 atom stereocenters. The summed E-state index contributed by atoms with van der Waals surface area (Å²) >= 11 is 0. The Morgan fingerprint density at radius 1 is 0.745 bits per heavy atom. The molecule has 0 spiro atoms. The first-order chi connectivity index (χ1) is 24.7. The normalized spacial score (nSPS) is 11.1. The number of nitrogens with one attached hydrogen (secondary N) is 3. The number of hydrogen-bond donors (Lipinski definition) is 6. The number of carbonyl (C=O) groups excluding carboxylic acids is 2. The SMILES string of the molecule is COc1cc2[nH]ncc2cc1-c1ccc(F)c2cc(C(=O)NN)nnc12.COc1cc2cn[nH]c2cc1-c1cccc2c(N)c(C(N)=O)nnc12. The zero-order chi connectivity index (χ0) is 35.8. The molecule has 17 heteroatoms. The number of hydrogen-bond acceptors (Lipinski definition) is 12. The van der Waals surface area contributed by atoms with Crippen LogP contribution in [-0.4, -0.2) is 66.8 Å². The summed E-state index contributed by atoms with van der Waals surface area (Å²) in [5.74, 6) is 4.45. The summed E-state index contributed by atoms with van der Waals surface area (Å²) in [5.41, 5.74) is 18.9. The number of carbonyl (C=O) groups is 2. The lowest BCUT2D eigenvalue weighted by Gasteiger charge is -2.12. The van der Waals surface area contributed by atoms with E-state index in [9.17, 15) is 14.0 Å². The minimum Gasteiger partial charge on any atom is -0.496 e. The fourth-order valence-corrected chi connectivity index (χ4v) is 5.75. The maximum Gasteiger partial charge on any atom is 0.285 e. The van der Waals surface area contributed by atoms with Crippen molar-refractivity contribution in [2.24, 2.45) is 11.6 Å². The van der Waals surface area contributed by atoms with Gasteiger partial charge in [-0.3, -0.25) is 25.2 Å². The van der Waals surface area contributed by atoms with Crippen molar-refractivity contribution in [3.8, 4) is 33.8 Å². The average Bonchev–Trinajstić information content (AvgIpc) is 3.82. The maximum absolute atomic E-state index is 14.3. The Kier molecular flexibility index (Phi) is 8.21. The first-order valence-electron chi connectivity index (χ1n) is 15.1. The summed E-state index contributed by atoms with van der Waals surface area (Å²) in [6.07, 6.45) is 3.40. The van der Waals surface area contributed by atoms with E-state index in [-0.39, 0.29) is 22.5 Å². The standard InChI is InChI=1S/C17H13FN6O2.C17H14N6O2/c1-26-15-6-13-8(7-20-22-13)4-10(15)9-2-3-12(18)11-5-14(17(25)21-19)23-24-16(9)11;1-25-13-5-8-7-20-21-12(8)6-11(13)9-3-2-4-10-14(18)16(17(19)24)23-22-15(9)10/h2-7H,19H2,1H3,(H,20,22)(H,21,25);2-7H,1H3,(H2,18,22)(H2,19,24)(H,20,21). The fourth-order valence-electron chi connectivity index (χ4n) is 5.75. The van der Waals surface area contributed by atoms with Gasteiger partial charge < -0.3 is 20.9 Å². The van der Waals surface area contributed by atoms with Crippen LogP contribution < -0.4 is 32.2 Å². The second-order valence-electron chi connectivity index (χ2n) is 11.1. The molecule has 0 aliphatic carbocycles. The number of methoxy groups -OCH3 is 2. The van der Waals surface area contributed by atoms with Crippen LogP contribution in [-0.2, 0) is 0 Å². The van der Waals surface area contributed by atoms with Gasteiger partial charge in [-0.05, 0) is 36.4 Å². The lowest BCUT2D eigenvalue weighted by atomic mass is 9.99. The van der Waals surface area contributed by atoms with Crippen LogP contribution in [0.1, 0.15) is 21.0 Å². The van der Waals surface area contributed by atoms with Gasteiger partial charge in [-0.2, -0.15) is 10.2 Å². The molecule has 0 saturated heterocycles. The Morgan fingerprint density at radius 3 is 2.08 bits per heavy atom. The predicted octanol–water partition coefficient (Wildman–Crippen LogP) is 3.79. The smallest absolute Gasteiger partial charge is 0.285 e. The van der Waals surface area contributed by atoms with Crippen LogP contribution in [0.3, 0.4) is 0 Å². The average molecular weight is 687 g/mol. The summed E-state index contributed by atoms with van der Waals surface area (Å²) in [4.78, 5) is 23.1. The minimum absolute atomic E-state index is 0.0411. The molecule has 8 aromatic rings. The third-order valence-corrected chi connectivity index (χ3v) is 8.23. The van der Waals surface area contributed by atoms with Gasteiger partial charge in [0.1, 0.15) is 28.3 Å². The largest absolute Gasteiger partial charge is 0.496 e. The number of aromatic nitrogens is 8. The molecule has 0 radical (unpaired) electrons. The maximum atomic E-state index is 14.3. The molecule has 0 bridgehead atoms. The predicted molar refractivity (Wildman–Crippen MR) is 187 cm³/mol. The van der Waals surface area contributed by atoms with Crippen LogP contribution in [0.4, 0.5) is 10.1 Å².